The summed E-state index contributed by atoms with van der Waals surface area (Å²) in [5.41, 5.74) is 6.02. The Bertz CT molecular complexity index is 494. The quantitative estimate of drug-likeness (QED) is 0.749. The molecule has 20 heavy (non-hydrogen) atoms. The Kier molecular flexibility index (Phi) is 5.54. The molecule has 0 aliphatic rings. The topological polar surface area (TPSA) is 99.2 Å². The molecule has 3 N–H and O–H groups in total. The molecule has 0 spiro atoms. The average Bonchev–Trinajstić information content (AvgIpc) is 2.71. The first-order chi connectivity index (χ1) is 9.40. The number of nitrogens with one attached hydrogen (secondary N) is 1. The van der Waals surface area contributed by atoms with Crippen LogP contribution in [0.3, 0.4) is 0 Å². The van der Waals surface area contributed by atoms with Crippen LogP contribution >= 0.6 is 0 Å². The molecule has 0 aliphatic carbocycles. The zero-order valence-electron chi connectivity index (χ0n) is 12.4. The Morgan fingerprint density at radius 1 is 1.45 bits per heavy atom. The van der Waals surface area contributed by atoms with Crippen molar-refractivity contribution in [1.29, 1.82) is 0 Å². The summed E-state index contributed by atoms with van der Waals surface area (Å²) in [5, 5.41) is 2.81. The molecule has 7 nitrogen and oxygen atoms in total. The van der Waals surface area contributed by atoms with Crippen LogP contribution in [-0.2, 0) is 22.5 Å². The zero-order chi connectivity index (χ0) is 15.3. The smallest absolute Gasteiger partial charge is 0.360 e. The average molecular weight is 282 g/mol. The van der Waals surface area contributed by atoms with Gasteiger partial charge < -0.3 is 20.4 Å². The number of nitrogen functional groups attached to an aromatic ring is 1. The summed E-state index contributed by atoms with van der Waals surface area (Å²) in [5.74, 6) is 0.281. The van der Waals surface area contributed by atoms with Gasteiger partial charge in [0.1, 0.15) is 11.6 Å². The predicted octanol–water partition coefficient (Wildman–Crippen LogP) is 0.729. The molecule has 0 unspecified atom stereocenters. The Hall–Kier alpha value is -2.05. The van der Waals surface area contributed by atoms with Crippen molar-refractivity contribution >= 4 is 17.7 Å². The largest absolute Gasteiger partial charge is 0.464 e. The first-order valence-electron chi connectivity index (χ1n) is 6.63. The van der Waals surface area contributed by atoms with Gasteiger partial charge in [0.05, 0.1) is 7.11 Å². The highest BCUT2D eigenvalue weighted by atomic mass is 16.5. The number of hydrogen-bond acceptors (Lipinski definition) is 5. The van der Waals surface area contributed by atoms with E-state index in [4.69, 9.17) is 5.73 Å². The van der Waals surface area contributed by atoms with E-state index < -0.39 is 5.97 Å². The second-order valence-electron chi connectivity index (χ2n) is 4.73. The van der Waals surface area contributed by atoms with Crippen LogP contribution in [0, 0.1) is 0 Å². The molecule has 1 amide bonds. The van der Waals surface area contributed by atoms with Crippen LogP contribution in [0.1, 0.15) is 43.5 Å². The summed E-state index contributed by atoms with van der Waals surface area (Å²) in [6.07, 6.45) is 0.902. The van der Waals surface area contributed by atoms with E-state index in [9.17, 15) is 9.59 Å². The van der Waals surface area contributed by atoms with Gasteiger partial charge in [-0.25, -0.2) is 9.78 Å². The lowest BCUT2D eigenvalue weighted by atomic mass is 10.3. The molecule has 0 atom stereocenters. The molecule has 0 saturated heterocycles. The number of nitrogens with two attached hydrogens (primary N) is 1. The minimum atomic E-state index is -0.567. The van der Waals surface area contributed by atoms with Crippen molar-refractivity contribution in [2.24, 2.45) is 0 Å². The van der Waals surface area contributed by atoms with E-state index in [1.165, 1.54) is 7.11 Å². The summed E-state index contributed by atoms with van der Waals surface area (Å²) >= 11 is 0. The number of rotatable bonds is 6. The third-order valence-corrected chi connectivity index (χ3v) is 2.79. The molecule has 1 rings (SSSR count). The number of imidazole rings is 1. The van der Waals surface area contributed by atoms with E-state index in [1.807, 2.05) is 20.8 Å². The number of carbonyl (C=O) groups is 2. The monoisotopic (exact) mass is 282 g/mol. The molecule has 1 aromatic rings. The predicted molar refractivity (Wildman–Crippen MR) is 75.3 cm³/mol. The van der Waals surface area contributed by atoms with Gasteiger partial charge >= 0.3 is 5.97 Å². The second-order valence-corrected chi connectivity index (χ2v) is 4.73. The first-order valence-corrected chi connectivity index (χ1v) is 6.63. The van der Waals surface area contributed by atoms with E-state index in [0.29, 0.717) is 18.8 Å². The Labute approximate surface area is 118 Å². The molecule has 112 valence electrons. The van der Waals surface area contributed by atoms with Gasteiger partial charge in [-0.15, -0.1) is 0 Å². The molecule has 0 bridgehead atoms. The lowest BCUT2D eigenvalue weighted by Crippen LogP contribution is -2.30. The highest BCUT2D eigenvalue weighted by Crippen LogP contribution is 2.16. The summed E-state index contributed by atoms with van der Waals surface area (Å²) in [7, 11) is 1.28. The first kappa shape index (κ1) is 16.0. The van der Waals surface area contributed by atoms with Crippen molar-refractivity contribution in [1.82, 2.24) is 14.9 Å². The number of carbonyl (C=O) groups excluding carboxylic acids is 2. The maximum absolute atomic E-state index is 11.7. The summed E-state index contributed by atoms with van der Waals surface area (Å²) in [6.45, 7) is 6.09. The van der Waals surface area contributed by atoms with Gasteiger partial charge in [-0.2, -0.15) is 0 Å². The van der Waals surface area contributed by atoms with Gasteiger partial charge in [-0.05, 0) is 13.8 Å². The van der Waals surface area contributed by atoms with E-state index in [-0.39, 0.29) is 29.9 Å². The van der Waals surface area contributed by atoms with Gasteiger partial charge in [0.2, 0.25) is 5.91 Å². The fraction of sp³-hybridized carbons (Fsp3) is 0.615. The zero-order valence-corrected chi connectivity index (χ0v) is 12.4. The molecular weight excluding hydrogens is 260 g/mol. The minimum Gasteiger partial charge on any atom is -0.464 e. The van der Waals surface area contributed by atoms with E-state index >= 15 is 0 Å². The molecule has 1 heterocycles. The van der Waals surface area contributed by atoms with Crippen LogP contribution in [0.5, 0.6) is 0 Å². The Balaban J connectivity index is 2.86. The fourth-order valence-electron chi connectivity index (χ4n) is 1.89. The van der Waals surface area contributed by atoms with Gasteiger partial charge in [0.15, 0.2) is 5.69 Å². The molecule has 0 fully saturated rings. The maximum Gasteiger partial charge on any atom is 0.360 e. The van der Waals surface area contributed by atoms with Crippen LogP contribution in [0.15, 0.2) is 0 Å². The van der Waals surface area contributed by atoms with E-state index in [1.54, 1.807) is 4.57 Å². The standard InChI is InChI=1S/C13H22N4O3/c1-5-9-16-11(13(19)20-4)12(14)17(9)7-6-10(18)15-8(2)3/h8H,5-7,14H2,1-4H3,(H,15,18). The number of aryl methyl sites for hydroxylation is 1. The Morgan fingerprint density at radius 3 is 2.60 bits per heavy atom. The van der Waals surface area contributed by atoms with Gasteiger partial charge in [0, 0.05) is 25.4 Å². The molecule has 0 aliphatic heterocycles. The van der Waals surface area contributed by atoms with Crippen LogP contribution < -0.4 is 11.1 Å². The third-order valence-electron chi connectivity index (χ3n) is 2.79. The van der Waals surface area contributed by atoms with Crippen molar-refractivity contribution in [3.63, 3.8) is 0 Å². The molecule has 0 saturated carbocycles. The molecule has 1 aromatic heterocycles. The van der Waals surface area contributed by atoms with Gasteiger partial charge in [0.25, 0.3) is 0 Å². The number of methoxy groups -OCH3 is 1. The summed E-state index contributed by atoms with van der Waals surface area (Å²) in [4.78, 5) is 27.4. The fourth-order valence-corrected chi connectivity index (χ4v) is 1.89. The van der Waals surface area contributed by atoms with Crippen molar-refractivity contribution in [2.75, 3.05) is 12.8 Å². The van der Waals surface area contributed by atoms with Crippen molar-refractivity contribution in [2.45, 2.75) is 46.2 Å². The third kappa shape index (κ3) is 3.72. The number of amides is 1. The van der Waals surface area contributed by atoms with Crippen LogP contribution in [0.4, 0.5) is 5.82 Å². The number of hydrogen-bond donors (Lipinski definition) is 2. The SMILES string of the molecule is CCc1nc(C(=O)OC)c(N)n1CCC(=O)NC(C)C. The van der Waals surface area contributed by atoms with Crippen molar-refractivity contribution < 1.29 is 14.3 Å². The Morgan fingerprint density at radius 2 is 2.10 bits per heavy atom. The van der Waals surface area contributed by atoms with Crippen molar-refractivity contribution in [3.05, 3.63) is 11.5 Å². The second kappa shape index (κ2) is 6.93. The van der Waals surface area contributed by atoms with Crippen molar-refractivity contribution in [3.8, 4) is 0 Å². The minimum absolute atomic E-state index is 0.0604. The highest BCUT2D eigenvalue weighted by molar-refractivity contribution is 5.92. The van der Waals surface area contributed by atoms with E-state index in [2.05, 4.69) is 15.0 Å². The normalized spacial score (nSPS) is 10.7. The maximum atomic E-state index is 11.7. The number of nitrogens with zero attached hydrogens (tertiary/aromatic N) is 2. The highest BCUT2D eigenvalue weighted by Gasteiger charge is 2.20. The summed E-state index contributed by atoms with van der Waals surface area (Å²) in [6, 6.07) is 0.0962. The lowest BCUT2D eigenvalue weighted by molar-refractivity contribution is -0.121. The lowest BCUT2D eigenvalue weighted by Gasteiger charge is -2.11. The summed E-state index contributed by atoms with van der Waals surface area (Å²) < 4.78 is 6.32. The number of aromatic nitrogens is 2. The molecule has 0 aromatic carbocycles. The molecule has 0 radical (unpaired) electrons. The van der Waals surface area contributed by atoms with E-state index in [0.717, 1.165) is 0 Å². The van der Waals surface area contributed by atoms with Crippen LogP contribution in [0.25, 0.3) is 0 Å². The molecular formula is C13H22N4O3. The van der Waals surface area contributed by atoms with Gasteiger partial charge in [-0.1, -0.05) is 6.92 Å². The number of anilines is 1. The van der Waals surface area contributed by atoms with Crippen LogP contribution in [0.2, 0.25) is 0 Å². The number of ether oxygens (including phenoxy) is 1. The van der Waals surface area contributed by atoms with Crippen LogP contribution in [-0.4, -0.2) is 34.6 Å². The number of esters is 1. The molecule has 7 heteroatoms. The van der Waals surface area contributed by atoms with Gasteiger partial charge in [-0.3, -0.25) is 4.79 Å².